The molecule has 6 heteroatoms. The van der Waals surface area contributed by atoms with Crippen molar-refractivity contribution >= 4 is 28.9 Å². The molecule has 2 saturated heterocycles. The molecule has 0 spiro atoms. The molecule has 2 aromatic rings. The number of rotatable bonds is 5. The number of nitrogens with one attached hydrogen (secondary N) is 1. The molecule has 1 N–H and O–H groups in total. The van der Waals surface area contributed by atoms with Crippen LogP contribution in [-0.4, -0.2) is 50.2 Å². The fourth-order valence-electron chi connectivity index (χ4n) is 3.76. The highest BCUT2D eigenvalue weighted by Gasteiger charge is 2.15. The number of carbonyl (C=O) groups is 1. The van der Waals surface area contributed by atoms with Gasteiger partial charge in [0.05, 0.1) is 13.2 Å². The van der Waals surface area contributed by atoms with Crippen molar-refractivity contribution in [1.82, 2.24) is 4.90 Å². The van der Waals surface area contributed by atoms with E-state index in [4.69, 9.17) is 16.3 Å². The summed E-state index contributed by atoms with van der Waals surface area (Å²) in [6.07, 6.45) is 2.48. The quantitative estimate of drug-likeness (QED) is 0.824. The predicted molar refractivity (Wildman–Crippen MR) is 113 cm³/mol. The van der Waals surface area contributed by atoms with Crippen LogP contribution >= 0.6 is 11.6 Å². The molecule has 0 atom stereocenters. The van der Waals surface area contributed by atoms with Crippen molar-refractivity contribution < 1.29 is 9.53 Å². The number of morpholine rings is 1. The first-order chi connectivity index (χ1) is 13.7. The Bertz CT molecular complexity index is 813. The van der Waals surface area contributed by atoms with E-state index in [9.17, 15) is 4.79 Å². The van der Waals surface area contributed by atoms with Crippen LogP contribution in [0, 0.1) is 0 Å². The van der Waals surface area contributed by atoms with Gasteiger partial charge in [0.15, 0.2) is 0 Å². The Morgan fingerprint density at radius 2 is 1.71 bits per heavy atom. The molecule has 0 aromatic heterocycles. The third kappa shape index (κ3) is 4.66. The first kappa shape index (κ1) is 19.2. The lowest BCUT2D eigenvalue weighted by atomic mass is 10.1. The lowest BCUT2D eigenvalue weighted by molar-refractivity contribution is 0.0342. The fraction of sp³-hybridized carbons (Fsp3) is 0.409. The second-order valence-electron chi connectivity index (χ2n) is 7.39. The Balaban J connectivity index is 1.37. The van der Waals surface area contributed by atoms with Gasteiger partial charge in [-0.15, -0.1) is 0 Å². The summed E-state index contributed by atoms with van der Waals surface area (Å²) in [4.78, 5) is 17.2. The van der Waals surface area contributed by atoms with Gasteiger partial charge in [0, 0.05) is 54.7 Å². The molecule has 2 aliphatic rings. The van der Waals surface area contributed by atoms with E-state index in [1.807, 2.05) is 42.5 Å². The third-order valence-corrected chi connectivity index (χ3v) is 5.76. The van der Waals surface area contributed by atoms with Crippen molar-refractivity contribution in [3.8, 4) is 0 Å². The van der Waals surface area contributed by atoms with Crippen LogP contribution < -0.4 is 10.2 Å². The average molecular weight is 400 g/mol. The number of amides is 1. The summed E-state index contributed by atoms with van der Waals surface area (Å²) in [6, 6.07) is 13.6. The molecule has 0 radical (unpaired) electrons. The van der Waals surface area contributed by atoms with Crippen molar-refractivity contribution in [2.45, 2.75) is 19.4 Å². The maximum Gasteiger partial charge on any atom is 0.255 e. The second-order valence-corrected chi connectivity index (χ2v) is 7.80. The fourth-order valence-corrected chi connectivity index (χ4v) is 4.00. The van der Waals surface area contributed by atoms with E-state index in [2.05, 4.69) is 15.1 Å². The van der Waals surface area contributed by atoms with Gasteiger partial charge in [-0.2, -0.15) is 0 Å². The number of hydrogen-bond acceptors (Lipinski definition) is 4. The normalized spacial score (nSPS) is 17.7. The number of anilines is 2. The van der Waals surface area contributed by atoms with Gasteiger partial charge in [-0.25, -0.2) is 0 Å². The minimum Gasteiger partial charge on any atom is -0.379 e. The van der Waals surface area contributed by atoms with E-state index in [0.29, 0.717) is 16.3 Å². The number of benzene rings is 2. The Kier molecular flexibility index (Phi) is 6.15. The van der Waals surface area contributed by atoms with Gasteiger partial charge in [0.1, 0.15) is 0 Å². The van der Waals surface area contributed by atoms with E-state index in [1.54, 1.807) is 0 Å². The Morgan fingerprint density at radius 3 is 2.39 bits per heavy atom. The SMILES string of the molecule is O=C(Nc1ccc(CN2CCOCC2)c(Cl)c1)c1ccc(N2CCCC2)cc1. The lowest BCUT2D eigenvalue weighted by Gasteiger charge is -2.27. The number of halogens is 1. The van der Waals surface area contributed by atoms with E-state index in [1.165, 1.54) is 18.5 Å². The maximum atomic E-state index is 12.6. The molecule has 28 heavy (non-hydrogen) atoms. The molecule has 148 valence electrons. The minimum atomic E-state index is -0.120. The molecule has 2 aromatic carbocycles. The number of carbonyl (C=O) groups excluding carboxylic acids is 1. The van der Waals surface area contributed by atoms with Crippen LogP contribution in [0.5, 0.6) is 0 Å². The molecule has 2 aliphatic heterocycles. The monoisotopic (exact) mass is 399 g/mol. The van der Waals surface area contributed by atoms with Crippen molar-refractivity contribution in [2.75, 3.05) is 49.6 Å². The molecule has 5 nitrogen and oxygen atoms in total. The molecule has 0 saturated carbocycles. The summed E-state index contributed by atoms with van der Waals surface area (Å²) >= 11 is 6.46. The van der Waals surface area contributed by atoms with Gasteiger partial charge in [-0.3, -0.25) is 9.69 Å². The minimum absolute atomic E-state index is 0.120. The van der Waals surface area contributed by atoms with Crippen molar-refractivity contribution in [1.29, 1.82) is 0 Å². The van der Waals surface area contributed by atoms with Crippen LogP contribution in [0.4, 0.5) is 11.4 Å². The largest absolute Gasteiger partial charge is 0.379 e. The number of ether oxygens (including phenoxy) is 1. The highest BCUT2D eigenvalue weighted by molar-refractivity contribution is 6.31. The molecule has 2 fully saturated rings. The smallest absolute Gasteiger partial charge is 0.255 e. The van der Waals surface area contributed by atoms with Gasteiger partial charge >= 0.3 is 0 Å². The maximum absolute atomic E-state index is 12.6. The van der Waals surface area contributed by atoms with E-state index >= 15 is 0 Å². The molecule has 1 amide bonds. The van der Waals surface area contributed by atoms with Crippen molar-refractivity contribution in [3.05, 3.63) is 58.6 Å². The first-order valence-corrected chi connectivity index (χ1v) is 10.3. The third-order valence-electron chi connectivity index (χ3n) is 5.41. The van der Waals surface area contributed by atoms with Gasteiger partial charge in [0.25, 0.3) is 5.91 Å². The topological polar surface area (TPSA) is 44.8 Å². The molecule has 4 rings (SSSR count). The predicted octanol–water partition coefficient (Wildman–Crippen LogP) is 4.02. The summed E-state index contributed by atoms with van der Waals surface area (Å²) in [5, 5.41) is 3.62. The summed E-state index contributed by atoms with van der Waals surface area (Å²) in [5.41, 5.74) is 3.61. The van der Waals surface area contributed by atoms with E-state index in [-0.39, 0.29) is 5.91 Å². The first-order valence-electron chi connectivity index (χ1n) is 9.94. The van der Waals surface area contributed by atoms with Crippen molar-refractivity contribution in [2.24, 2.45) is 0 Å². The van der Waals surface area contributed by atoms with Gasteiger partial charge < -0.3 is 15.0 Å². The van der Waals surface area contributed by atoms with Crippen LogP contribution in [0.25, 0.3) is 0 Å². The Morgan fingerprint density at radius 1 is 1.00 bits per heavy atom. The van der Waals surface area contributed by atoms with Crippen LogP contribution in [0.15, 0.2) is 42.5 Å². The Labute approximate surface area is 171 Å². The summed E-state index contributed by atoms with van der Waals surface area (Å²) in [5.74, 6) is -0.120. The van der Waals surface area contributed by atoms with Gasteiger partial charge in [-0.05, 0) is 54.8 Å². The molecule has 0 aliphatic carbocycles. The van der Waals surface area contributed by atoms with Crippen LogP contribution in [0.2, 0.25) is 5.02 Å². The molecule has 0 bridgehead atoms. The standard InChI is InChI=1S/C22H26ClN3O2/c23-21-15-19(6-3-18(21)16-25-11-13-28-14-12-25)24-22(27)17-4-7-20(8-5-17)26-9-1-2-10-26/h3-8,15H,1-2,9-14,16H2,(H,24,27). The molecule has 0 unspecified atom stereocenters. The Hall–Kier alpha value is -2.08. The average Bonchev–Trinajstić information content (AvgIpc) is 3.26. The summed E-state index contributed by atoms with van der Waals surface area (Å²) < 4.78 is 5.38. The lowest BCUT2D eigenvalue weighted by Crippen LogP contribution is -2.35. The highest BCUT2D eigenvalue weighted by Crippen LogP contribution is 2.24. The number of nitrogens with zero attached hydrogens (tertiary/aromatic N) is 2. The zero-order valence-corrected chi connectivity index (χ0v) is 16.8. The highest BCUT2D eigenvalue weighted by atomic mass is 35.5. The van der Waals surface area contributed by atoms with Crippen molar-refractivity contribution in [3.63, 3.8) is 0 Å². The molecule has 2 heterocycles. The molecular formula is C22H26ClN3O2. The second kappa shape index (κ2) is 8.95. The van der Waals surface area contributed by atoms with E-state index < -0.39 is 0 Å². The van der Waals surface area contributed by atoms with Crippen LogP contribution in [0.3, 0.4) is 0 Å². The van der Waals surface area contributed by atoms with Gasteiger partial charge in [0.2, 0.25) is 0 Å². The summed E-state index contributed by atoms with van der Waals surface area (Å²) in [6.45, 7) is 6.37. The summed E-state index contributed by atoms with van der Waals surface area (Å²) in [7, 11) is 0. The van der Waals surface area contributed by atoms with Crippen LogP contribution in [-0.2, 0) is 11.3 Å². The van der Waals surface area contributed by atoms with Gasteiger partial charge in [-0.1, -0.05) is 17.7 Å². The van der Waals surface area contributed by atoms with Crippen LogP contribution in [0.1, 0.15) is 28.8 Å². The zero-order valence-electron chi connectivity index (χ0n) is 16.0. The molecular weight excluding hydrogens is 374 g/mol. The number of hydrogen-bond donors (Lipinski definition) is 1. The van der Waals surface area contributed by atoms with E-state index in [0.717, 1.165) is 51.5 Å². The zero-order chi connectivity index (χ0) is 19.3.